The molecule has 3 rings (SSSR count). The molecule has 10 nitrogen and oxygen atoms in total. The molecule has 1 aliphatic heterocycles. The quantitative estimate of drug-likeness (QED) is 0.811. The Labute approximate surface area is 149 Å². The largest absolute Gasteiger partial charge is 0.380 e. The van der Waals surface area contributed by atoms with Gasteiger partial charge in [0.15, 0.2) is 11.5 Å². The molecule has 2 unspecified atom stereocenters. The highest BCUT2D eigenvalue weighted by molar-refractivity contribution is 5.94. The Balaban J connectivity index is 1.87. The molecule has 0 saturated carbocycles. The maximum absolute atomic E-state index is 12.9. The van der Waals surface area contributed by atoms with E-state index in [9.17, 15) is 9.59 Å². The summed E-state index contributed by atoms with van der Waals surface area (Å²) in [5.41, 5.74) is 0.799. The summed E-state index contributed by atoms with van der Waals surface area (Å²) in [4.78, 5) is 31.0. The summed E-state index contributed by atoms with van der Waals surface area (Å²) in [7, 11) is 3.09. The maximum atomic E-state index is 12.9. The highest BCUT2D eigenvalue weighted by Crippen LogP contribution is 2.33. The van der Waals surface area contributed by atoms with Crippen molar-refractivity contribution in [1.29, 1.82) is 0 Å². The molecular weight excluding hydrogens is 342 g/mol. The van der Waals surface area contributed by atoms with Crippen LogP contribution in [-0.2, 0) is 16.1 Å². The molecule has 0 bridgehead atoms. The van der Waals surface area contributed by atoms with Crippen molar-refractivity contribution < 1.29 is 23.4 Å². The van der Waals surface area contributed by atoms with Crippen LogP contribution >= 0.6 is 0 Å². The summed E-state index contributed by atoms with van der Waals surface area (Å²) >= 11 is 0. The van der Waals surface area contributed by atoms with Crippen LogP contribution in [0.4, 0.5) is 0 Å². The summed E-state index contributed by atoms with van der Waals surface area (Å²) in [6, 6.07) is 0. The first kappa shape index (κ1) is 18.1. The number of hydrogen-bond acceptors (Lipinski definition) is 8. The van der Waals surface area contributed by atoms with Crippen LogP contribution in [0.5, 0.6) is 0 Å². The van der Waals surface area contributed by atoms with Gasteiger partial charge in [-0.2, -0.15) is 4.98 Å². The zero-order valence-electron chi connectivity index (χ0n) is 15.1. The number of likely N-dealkylation sites (tertiary alicyclic amines) is 1. The van der Waals surface area contributed by atoms with Gasteiger partial charge in [0.2, 0.25) is 11.8 Å². The average Bonchev–Trinajstić information content (AvgIpc) is 3.33. The second kappa shape index (κ2) is 7.24. The molecule has 10 heteroatoms. The highest BCUT2D eigenvalue weighted by atomic mass is 16.5. The molecule has 0 spiro atoms. The van der Waals surface area contributed by atoms with Crippen molar-refractivity contribution >= 4 is 11.8 Å². The van der Waals surface area contributed by atoms with E-state index >= 15 is 0 Å². The van der Waals surface area contributed by atoms with Gasteiger partial charge < -0.3 is 24.0 Å². The minimum absolute atomic E-state index is 0.186. The Bertz CT molecular complexity index is 814. The van der Waals surface area contributed by atoms with E-state index in [0.717, 1.165) is 0 Å². The molecule has 2 amide bonds. The standard InChI is InChI=1S/C16H21N5O5/c1-8-12(7-24-4)13(20-25-8)16(23)21-5-10(14(22)17-3)11(6-21)15-18-9(2)19-26-15/h10-11H,5-7H2,1-4H3,(H,17,22). The zero-order valence-corrected chi connectivity index (χ0v) is 15.1. The predicted octanol–water partition coefficient (Wildman–Crippen LogP) is 0.423. The van der Waals surface area contributed by atoms with Crippen molar-refractivity contribution in [2.45, 2.75) is 26.4 Å². The van der Waals surface area contributed by atoms with Gasteiger partial charge in [-0.25, -0.2) is 0 Å². The maximum Gasteiger partial charge on any atom is 0.276 e. The number of carbonyl (C=O) groups excluding carboxylic acids is 2. The predicted molar refractivity (Wildman–Crippen MR) is 87.2 cm³/mol. The number of carbonyl (C=O) groups is 2. The van der Waals surface area contributed by atoms with Gasteiger partial charge in [-0.1, -0.05) is 10.3 Å². The molecule has 26 heavy (non-hydrogen) atoms. The van der Waals surface area contributed by atoms with Gasteiger partial charge in [0.05, 0.1) is 24.0 Å². The SMILES string of the molecule is CNC(=O)C1CN(C(=O)c2noc(C)c2COC)CC1c1nc(C)no1. The molecule has 1 aliphatic rings. The fourth-order valence-electron chi connectivity index (χ4n) is 3.16. The van der Waals surface area contributed by atoms with Gasteiger partial charge in [-0.05, 0) is 13.8 Å². The van der Waals surface area contributed by atoms with Crippen LogP contribution in [0.25, 0.3) is 0 Å². The molecule has 1 N–H and O–H groups in total. The number of methoxy groups -OCH3 is 1. The number of rotatable bonds is 5. The highest BCUT2D eigenvalue weighted by Gasteiger charge is 2.44. The van der Waals surface area contributed by atoms with Crippen LogP contribution in [0, 0.1) is 19.8 Å². The second-order valence-electron chi connectivity index (χ2n) is 6.22. The normalized spacial score (nSPS) is 19.8. The number of hydrogen-bond donors (Lipinski definition) is 1. The lowest BCUT2D eigenvalue weighted by Crippen LogP contribution is -2.34. The van der Waals surface area contributed by atoms with Crippen LogP contribution in [0.15, 0.2) is 9.05 Å². The van der Waals surface area contributed by atoms with Crippen molar-refractivity contribution in [1.82, 2.24) is 25.5 Å². The minimum atomic E-state index is -0.484. The van der Waals surface area contributed by atoms with E-state index in [1.807, 2.05) is 0 Å². The van der Waals surface area contributed by atoms with E-state index in [1.165, 1.54) is 7.11 Å². The van der Waals surface area contributed by atoms with E-state index in [1.54, 1.807) is 25.8 Å². The Kier molecular flexibility index (Phi) is 5.03. The van der Waals surface area contributed by atoms with E-state index in [0.29, 0.717) is 23.0 Å². The number of nitrogens with zero attached hydrogens (tertiary/aromatic N) is 4. The number of aryl methyl sites for hydroxylation is 2. The van der Waals surface area contributed by atoms with Crippen LogP contribution < -0.4 is 5.32 Å². The van der Waals surface area contributed by atoms with E-state index in [4.69, 9.17) is 13.8 Å². The molecule has 1 saturated heterocycles. The Morgan fingerprint density at radius 1 is 1.27 bits per heavy atom. The third-order valence-electron chi connectivity index (χ3n) is 4.53. The molecule has 1 fully saturated rings. The molecule has 2 aromatic rings. The van der Waals surface area contributed by atoms with Crippen molar-refractivity contribution in [3.05, 3.63) is 28.7 Å². The van der Waals surface area contributed by atoms with Crippen LogP contribution in [0.3, 0.4) is 0 Å². The van der Waals surface area contributed by atoms with E-state index in [2.05, 4.69) is 20.6 Å². The molecular formula is C16H21N5O5. The molecule has 140 valence electrons. The van der Waals surface area contributed by atoms with E-state index < -0.39 is 5.92 Å². The zero-order chi connectivity index (χ0) is 18.8. The first-order chi connectivity index (χ1) is 12.5. The number of aromatic nitrogens is 3. The smallest absolute Gasteiger partial charge is 0.276 e. The first-order valence-electron chi connectivity index (χ1n) is 8.21. The van der Waals surface area contributed by atoms with Gasteiger partial charge >= 0.3 is 0 Å². The lowest BCUT2D eigenvalue weighted by Gasteiger charge is -2.15. The number of nitrogens with one attached hydrogen (secondary N) is 1. The fourth-order valence-corrected chi connectivity index (χ4v) is 3.16. The molecule has 0 radical (unpaired) electrons. The molecule has 0 aliphatic carbocycles. The van der Waals surface area contributed by atoms with Crippen molar-refractivity contribution in [3.63, 3.8) is 0 Å². The molecule has 0 aromatic carbocycles. The molecule has 2 atom stereocenters. The minimum Gasteiger partial charge on any atom is -0.380 e. The van der Waals surface area contributed by atoms with Gasteiger partial charge in [0.25, 0.3) is 5.91 Å². The molecule has 2 aromatic heterocycles. The van der Waals surface area contributed by atoms with Crippen LogP contribution in [0.1, 0.15) is 39.4 Å². The lowest BCUT2D eigenvalue weighted by atomic mass is 9.95. The monoisotopic (exact) mass is 363 g/mol. The second-order valence-corrected chi connectivity index (χ2v) is 6.22. The summed E-state index contributed by atoms with van der Waals surface area (Å²) < 4.78 is 15.5. The third kappa shape index (κ3) is 3.19. The van der Waals surface area contributed by atoms with E-state index in [-0.39, 0.29) is 43.1 Å². The Hall–Kier alpha value is -2.75. The van der Waals surface area contributed by atoms with Gasteiger partial charge in [-0.15, -0.1) is 0 Å². The average molecular weight is 363 g/mol. The molecule has 3 heterocycles. The Morgan fingerprint density at radius 2 is 2.04 bits per heavy atom. The summed E-state index contributed by atoms with van der Waals surface area (Å²) in [5.74, 6) is -0.00565. The van der Waals surface area contributed by atoms with Crippen molar-refractivity contribution in [2.75, 3.05) is 27.2 Å². The summed E-state index contributed by atoms with van der Waals surface area (Å²) in [5, 5.41) is 10.3. The third-order valence-corrected chi connectivity index (χ3v) is 4.53. The topological polar surface area (TPSA) is 124 Å². The van der Waals surface area contributed by atoms with Crippen molar-refractivity contribution in [3.8, 4) is 0 Å². The van der Waals surface area contributed by atoms with Gasteiger partial charge in [0, 0.05) is 27.2 Å². The lowest BCUT2D eigenvalue weighted by molar-refractivity contribution is -0.124. The van der Waals surface area contributed by atoms with Gasteiger partial charge in [-0.3, -0.25) is 9.59 Å². The first-order valence-corrected chi connectivity index (χ1v) is 8.21. The fraction of sp³-hybridized carbons (Fsp3) is 0.562. The summed E-state index contributed by atoms with van der Waals surface area (Å²) in [6.45, 7) is 4.14. The van der Waals surface area contributed by atoms with Gasteiger partial charge in [0.1, 0.15) is 5.76 Å². The number of amides is 2. The Morgan fingerprint density at radius 3 is 2.65 bits per heavy atom. The van der Waals surface area contributed by atoms with Crippen LogP contribution in [0.2, 0.25) is 0 Å². The van der Waals surface area contributed by atoms with Crippen LogP contribution in [-0.4, -0.2) is 59.3 Å². The summed E-state index contributed by atoms with van der Waals surface area (Å²) in [6.07, 6.45) is 0. The van der Waals surface area contributed by atoms with Crippen molar-refractivity contribution in [2.24, 2.45) is 5.92 Å². The number of ether oxygens (including phenoxy) is 1.